The predicted octanol–water partition coefficient (Wildman–Crippen LogP) is 5.16. The molecule has 3 rings (SSSR count). The van der Waals surface area contributed by atoms with Crippen molar-refractivity contribution < 1.29 is 9.90 Å². The third-order valence-electron chi connectivity index (χ3n) is 6.25. The van der Waals surface area contributed by atoms with Crippen molar-refractivity contribution in [2.24, 2.45) is 11.3 Å². The molecule has 0 spiro atoms. The van der Waals surface area contributed by atoms with E-state index in [1.165, 1.54) is 16.7 Å². The summed E-state index contributed by atoms with van der Waals surface area (Å²) in [7, 11) is 0. The normalized spacial score (nSPS) is 33.0. The molecule has 2 nitrogen and oxygen atoms in total. The number of allylic oxidation sites excluding steroid dienone is 1. The van der Waals surface area contributed by atoms with Crippen molar-refractivity contribution in [2.45, 2.75) is 64.7 Å². The number of fused-ring (bicyclic) bond motifs is 3. The molecule has 2 aliphatic rings. The van der Waals surface area contributed by atoms with Crippen molar-refractivity contribution >= 4 is 12.0 Å². The second-order valence-electron chi connectivity index (χ2n) is 8.88. The Labute approximate surface area is 139 Å². The summed E-state index contributed by atoms with van der Waals surface area (Å²) in [4.78, 5) is 11.9. The van der Waals surface area contributed by atoms with Gasteiger partial charge in [-0.15, -0.1) is 0 Å². The second-order valence-corrected chi connectivity index (χ2v) is 8.88. The van der Waals surface area contributed by atoms with E-state index in [1.807, 2.05) is 6.92 Å². The first-order chi connectivity index (χ1) is 10.6. The highest BCUT2D eigenvalue weighted by atomic mass is 16.4. The molecular formula is C21H28O2. The molecule has 2 aliphatic carbocycles. The molecular weight excluding hydrogens is 284 g/mol. The topological polar surface area (TPSA) is 37.3 Å². The smallest absolute Gasteiger partial charge is 0.309 e. The van der Waals surface area contributed by atoms with Crippen LogP contribution in [0.2, 0.25) is 0 Å². The number of rotatable bonds is 1. The summed E-state index contributed by atoms with van der Waals surface area (Å²) in [5, 5.41) is 9.82. The molecule has 0 aromatic heterocycles. The molecule has 0 bridgehead atoms. The minimum Gasteiger partial charge on any atom is -0.481 e. The molecule has 0 heterocycles. The first-order valence-corrected chi connectivity index (χ1v) is 8.66. The molecule has 1 N–H and O–H groups in total. The lowest BCUT2D eigenvalue weighted by atomic mass is 9.51. The van der Waals surface area contributed by atoms with E-state index in [2.05, 4.69) is 58.0 Å². The third-order valence-corrected chi connectivity index (χ3v) is 6.25. The van der Waals surface area contributed by atoms with Gasteiger partial charge >= 0.3 is 5.97 Å². The minimum absolute atomic E-state index is 0.0641. The van der Waals surface area contributed by atoms with Gasteiger partial charge in [-0.05, 0) is 41.9 Å². The summed E-state index contributed by atoms with van der Waals surface area (Å²) in [5.41, 5.74) is 3.31. The fourth-order valence-corrected chi connectivity index (χ4v) is 4.69. The maximum Gasteiger partial charge on any atom is 0.309 e. The number of carboxylic acid groups (broad SMARTS) is 1. The van der Waals surface area contributed by atoms with E-state index in [0.717, 1.165) is 19.3 Å². The maximum atomic E-state index is 11.9. The quantitative estimate of drug-likeness (QED) is 0.777. The van der Waals surface area contributed by atoms with Crippen LogP contribution in [-0.2, 0) is 15.6 Å². The van der Waals surface area contributed by atoms with Crippen LogP contribution in [0.15, 0.2) is 24.3 Å². The van der Waals surface area contributed by atoms with Crippen LogP contribution < -0.4 is 0 Å². The largest absolute Gasteiger partial charge is 0.481 e. The van der Waals surface area contributed by atoms with Gasteiger partial charge in [-0.25, -0.2) is 0 Å². The molecule has 2 heteroatoms. The Balaban J connectivity index is 2.12. The molecule has 0 saturated heterocycles. The number of carboxylic acids is 1. The Morgan fingerprint density at radius 2 is 1.91 bits per heavy atom. The molecule has 124 valence electrons. The number of hydrogen-bond acceptors (Lipinski definition) is 1. The molecule has 3 atom stereocenters. The number of carbonyl (C=O) groups is 1. The highest BCUT2D eigenvalue weighted by Gasteiger charge is 2.54. The maximum absolute atomic E-state index is 11.9. The molecule has 0 radical (unpaired) electrons. The van der Waals surface area contributed by atoms with Gasteiger partial charge in [0.1, 0.15) is 0 Å². The van der Waals surface area contributed by atoms with Gasteiger partial charge in [0, 0.05) is 11.3 Å². The van der Waals surface area contributed by atoms with Gasteiger partial charge in [-0.3, -0.25) is 4.79 Å². The van der Waals surface area contributed by atoms with Gasteiger partial charge in [0.25, 0.3) is 0 Å². The van der Waals surface area contributed by atoms with Gasteiger partial charge in [0.15, 0.2) is 0 Å². The van der Waals surface area contributed by atoms with Crippen molar-refractivity contribution in [3.63, 3.8) is 0 Å². The molecule has 1 aromatic carbocycles. The molecule has 1 fully saturated rings. The van der Waals surface area contributed by atoms with Crippen LogP contribution in [-0.4, -0.2) is 11.1 Å². The van der Waals surface area contributed by atoms with Gasteiger partial charge in [-0.1, -0.05) is 64.5 Å². The predicted molar refractivity (Wildman–Crippen MR) is 94.6 cm³/mol. The standard InChI is InChI=1S/C21H28O2/c1-19(2,3)15-8-9-16-14(13-15)7-10-17-20(16,4)11-6-12-21(17,5)18(22)23/h7-10,13,17H,6,11-12H2,1-5H3,(H,22,23)/t17-,20-,21-/m1/s1. The summed E-state index contributed by atoms with van der Waals surface area (Å²) < 4.78 is 0. The van der Waals surface area contributed by atoms with Gasteiger partial charge in [0.05, 0.1) is 5.41 Å². The van der Waals surface area contributed by atoms with Crippen LogP contribution in [0.5, 0.6) is 0 Å². The summed E-state index contributed by atoms with van der Waals surface area (Å²) in [5.74, 6) is -0.595. The van der Waals surface area contributed by atoms with E-state index >= 15 is 0 Å². The van der Waals surface area contributed by atoms with Crippen LogP contribution in [0.3, 0.4) is 0 Å². The SMILES string of the molecule is CC(C)(C)c1ccc2c(c1)C=C[C@H]1[C@](C)(C(=O)O)CCC[C@]21C. The van der Waals surface area contributed by atoms with Crippen LogP contribution in [0, 0.1) is 11.3 Å². The van der Waals surface area contributed by atoms with Crippen molar-refractivity contribution in [3.8, 4) is 0 Å². The molecule has 0 amide bonds. The highest BCUT2D eigenvalue weighted by molar-refractivity contribution is 5.77. The first-order valence-electron chi connectivity index (χ1n) is 8.66. The zero-order valence-electron chi connectivity index (χ0n) is 14.9. The van der Waals surface area contributed by atoms with Crippen LogP contribution in [0.4, 0.5) is 0 Å². The molecule has 1 aromatic rings. The summed E-state index contributed by atoms with van der Waals surface area (Å²) in [6.07, 6.45) is 7.13. The average Bonchev–Trinajstić information content (AvgIpc) is 2.45. The van der Waals surface area contributed by atoms with Crippen molar-refractivity contribution in [2.75, 3.05) is 0 Å². The van der Waals surface area contributed by atoms with Crippen molar-refractivity contribution in [1.29, 1.82) is 0 Å². The van der Waals surface area contributed by atoms with Crippen LogP contribution in [0.1, 0.15) is 70.6 Å². The lowest BCUT2D eigenvalue weighted by Crippen LogP contribution is -2.50. The summed E-state index contributed by atoms with van der Waals surface area (Å²) in [6.45, 7) is 10.9. The van der Waals surface area contributed by atoms with Crippen LogP contribution in [0.25, 0.3) is 6.08 Å². The van der Waals surface area contributed by atoms with E-state index < -0.39 is 11.4 Å². The van der Waals surface area contributed by atoms with Gasteiger partial charge in [-0.2, -0.15) is 0 Å². The third kappa shape index (κ3) is 2.34. The Bertz CT molecular complexity index is 680. The zero-order valence-corrected chi connectivity index (χ0v) is 14.9. The molecule has 0 aliphatic heterocycles. The lowest BCUT2D eigenvalue weighted by molar-refractivity contribution is -0.154. The fourth-order valence-electron chi connectivity index (χ4n) is 4.69. The number of benzene rings is 1. The highest BCUT2D eigenvalue weighted by Crippen LogP contribution is 2.56. The van der Waals surface area contributed by atoms with E-state index in [0.29, 0.717) is 0 Å². The molecule has 23 heavy (non-hydrogen) atoms. The zero-order chi connectivity index (χ0) is 17.0. The van der Waals surface area contributed by atoms with Gasteiger partial charge < -0.3 is 5.11 Å². The minimum atomic E-state index is -0.663. The van der Waals surface area contributed by atoms with E-state index in [-0.39, 0.29) is 16.7 Å². The van der Waals surface area contributed by atoms with E-state index in [9.17, 15) is 9.90 Å². The number of hydrogen-bond donors (Lipinski definition) is 1. The second kappa shape index (κ2) is 4.96. The Hall–Kier alpha value is -1.57. The Kier molecular flexibility index (Phi) is 3.51. The van der Waals surface area contributed by atoms with Gasteiger partial charge in [0.2, 0.25) is 0 Å². The number of aliphatic carboxylic acids is 1. The Morgan fingerprint density at radius 3 is 2.52 bits per heavy atom. The molecule has 1 saturated carbocycles. The monoisotopic (exact) mass is 312 g/mol. The Morgan fingerprint density at radius 1 is 1.22 bits per heavy atom. The van der Waals surface area contributed by atoms with E-state index in [1.54, 1.807) is 0 Å². The lowest BCUT2D eigenvalue weighted by Gasteiger charge is -2.51. The van der Waals surface area contributed by atoms with E-state index in [4.69, 9.17) is 0 Å². The fraction of sp³-hybridized carbons (Fsp3) is 0.571. The average molecular weight is 312 g/mol. The first kappa shape index (κ1) is 16.3. The van der Waals surface area contributed by atoms with Crippen LogP contribution >= 0.6 is 0 Å². The van der Waals surface area contributed by atoms with Crippen molar-refractivity contribution in [3.05, 3.63) is 41.0 Å². The summed E-state index contributed by atoms with van der Waals surface area (Å²) in [6, 6.07) is 6.77. The summed E-state index contributed by atoms with van der Waals surface area (Å²) >= 11 is 0. The van der Waals surface area contributed by atoms with Crippen molar-refractivity contribution in [1.82, 2.24) is 0 Å². The molecule has 0 unspecified atom stereocenters.